The lowest BCUT2D eigenvalue weighted by atomic mass is 9.67. The van der Waals surface area contributed by atoms with Crippen LogP contribution in [0.1, 0.15) is 23.3 Å². The fraction of sp³-hybridized carbons (Fsp3) is 0.400. The highest BCUT2D eigenvalue weighted by Crippen LogP contribution is 2.48. The first-order valence-electron chi connectivity index (χ1n) is 4.46. The molecule has 0 atom stereocenters. The second-order valence-electron chi connectivity index (χ2n) is 3.84. The number of carbonyl (C=O) groups is 2. The average molecular weight is 289 g/mol. The van der Waals surface area contributed by atoms with Crippen molar-refractivity contribution in [3.63, 3.8) is 0 Å². The Morgan fingerprint density at radius 2 is 2.20 bits per heavy atom. The first-order valence-corrected chi connectivity index (χ1v) is 6.14. The van der Waals surface area contributed by atoms with Gasteiger partial charge in [0, 0.05) is 22.2 Å². The molecular formula is C10H9BrO3S. The Bertz CT molecular complexity index is 442. The molecule has 1 heterocycles. The van der Waals surface area contributed by atoms with Gasteiger partial charge in [-0.05, 0) is 33.8 Å². The summed E-state index contributed by atoms with van der Waals surface area (Å²) < 4.78 is 0.836. The van der Waals surface area contributed by atoms with Crippen LogP contribution in [-0.4, -0.2) is 16.9 Å². The van der Waals surface area contributed by atoms with E-state index in [1.807, 2.05) is 12.3 Å². The molecule has 1 fully saturated rings. The molecule has 1 aliphatic carbocycles. The molecule has 0 radical (unpaired) electrons. The number of hydrogen-bond donors (Lipinski definition) is 1. The van der Waals surface area contributed by atoms with Crippen molar-refractivity contribution in [2.45, 2.75) is 25.2 Å². The van der Waals surface area contributed by atoms with Gasteiger partial charge in [0.1, 0.15) is 11.2 Å². The van der Waals surface area contributed by atoms with Gasteiger partial charge in [-0.3, -0.25) is 9.59 Å². The molecule has 0 aromatic carbocycles. The van der Waals surface area contributed by atoms with Gasteiger partial charge in [0.25, 0.3) is 0 Å². The normalized spacial score (nSPS) is 18.7. The zero-order chi connectivity index (χ0) is 11.2. The van der Waals surface area contributed by atoms with E-state index < -0.39 is 11.4 Å². The van der Waals surface area contributed by atoms with Crippen molar-refractivity contribution in [1.82, 2.24) is 0 Å². The molecule has 0 unspecified atom stereocenters. The summed E-state index contributed by atoms with van der Waals surface area (Å²) in [6.07, 6.45) is 0.252. The summed E-state index contributed by atoms with van der Waals surface area (Å²) in [5.41, 5.74) is 0.0597. The number of hydrogen-bond acceptors (Lipinski definition) is 3. The van der Waals surface area contributed by atoms with Gasteiger partial charge in [0.2, 0.25) is 0 Å². The molecule has 0 saturated heterocycles. The molecule has 15 heavy (non-hydrogen) atoms. The van der Waals surface area contributed by atoms with E-state index in [4.69, 9.17) is 0 Å². The lowest BCUT2D eigenvalue weighted by molar-refractivity contribution is -0.153. The maximum absolute atomic E-state index is 11.2. The van der Waals surface area contributed by atoms with Crippen LogP contribution in [0.25, 0.3) is 0 Å². The second-order valence-corrected chi connectivity index (χ2v) is 5.51. The van der Waals surface area contributed by atoms with E-state index in [1.54, 1.807) is 0 Å². The van der Waals surface area contributed by atoms with E-state index in [-0.39, 0.29) is 18.6 Å². The number of aryl methyl sites for hydroxylation is 1. The number of rotatable bonds is 2. The molecule has 1 saturated carbocycles. The summed E-state index contributed by atoms with van der Waals surface area (Å²) in [6.45, 7) is 1.92. The van der Waals surface area contributed by atoms with E-state index >= 15 is 0 Å². The third-order valence-corrected chi connectivity index (χ3v) is 5.33. The summed E-state index contributed by atoms with van der Waals surface area (Å²) >= 11 is 4.79. The third kappa shape index (κ3) is 1.45. The molecule has 0 amide bonds. The van der Waals surface area contributed by atoms with Gasteiger partial charge in [0.05, 0.1) is 0 Å². The lowest BCUT2D eigenvalue weighted by Gasteiger charge is -2.35. The quantitative estimate of drug-likeness (QED) is 0.910. The van der Waals surface area contributed by atoms with Gasteiger partial charge < -0.3 is 5.11 Å². The Balaban J connectivity index is 2.47. The molecule has 5 heteroatoms. The fourth-order valence-electron chi connectivity index (χ4n) is 1.78. The number of ketones is 1. The van der Waals surface area contributed by atoms with Crippen LogP contribution in [0.3, 0.4) is 0 Å². The minimum Gasteiger partial charge on any atom is -0.481 e. The van der Waals surface area contributed by atoms with Gasteiger partial charge >= 0.3 is 5.97 Å². The summed E-state index contributed by atoms with van der Waals surface area (Å²) in [5, 5.41) is 11.1. The monoisotopic (exact) mass is 288 g/mol. The zero-order valence-electron chi connectivity index (χ0n) is 8.04. The molecule has 3 nitrogen and oxygen atoms in total. The molecule has 1 N–H and O–H groups in total. The Kier molecular flexibility index (Phi) is 2.47. The molecule has 0 spiro atoms. The molecule has 1 aromatic heterocycles. The van der Waals surface area contributed by atoms with Crippen molar-refractivity contribution in [1.29, 1.82) is 0 Å². The smallest absolute Gasteiger partial charge is 0.315 e. The van der Waals surface area contributed by atoms with Crippen LogP contribution >= 0.6 is 27.3 Å². The Hall–Kier alpha value is -0.680. The van der Waals surface area contributed by atoms with Crippen molar-refractivity contribution < 1.29 is 14.7 Å². The second kappa shape index (κ2) is 3.42. The first-order chi connectivity index (χ1) is 6.97. The number of carboxylic acids is 1. The summed E-state index contributed by atoms with van der Waals surface area (Å²) in [6, 6.07) is 0. The predicted molar refractivity (Wildman–Crippen MR) is 60.3 cm³/mol. The summed E-state index contributed by atoms with van der Waals surface area (Å²) in [7, 11) is 0. The third-order valence-electron chi connectivity index (χ3n) is 2.74. The number of carbonyl (C=O) groups excluding carboxylic acids is 1. The molecule has 1 aromatic rings. The van der Waals surface area contributed by atoms with Crippen LogP contribution in [0.5, 0.6) is 0 Å². The van der Waals surface area contributed by atoms with Gasteiger partial charge in [0.15, 0.2) is 0 Å². The molecule has 0 bridgehead atoms. The predicted octanol–water partition coefficient (Wildman–Crippen LogP) is 2.50. The molecule has 80 valence electrons. The van der Waals surface area contributed by atoms with Crippen LogP contribution in [0.4, 0.5) is 0 Å². The highest BCUT2D eigenvalue weighted by atomic mass is 79.9. The SMILES string of the molecule is Cc1csc(C2(C(=O)O)CC(=O)C2)c1Br. The standard InChI is InChI=1S/C10H9BrO3S/c1-5-4-15-8(7(5)11)10(9(13)14)2-6(12)3-10/h4H,2-3H2,1H3,(H,13,14). The Morgan fingerprint density at radius 3 is 2.53 bits per heavy atom. The average Bonchev–Trinajstić information content (AvgIpc) is 2.42. The number of Topliss-reactive ketones (excluding diaryl/α,β-unsaturated/α-hetero) is 1. The number of carboxylic acid groups (broad SMARTS) is 1. The Morgan fingerprint density at radius 1 is 1.60 bits per heavy atom. The largest absolute Gasteiger partial charge is 0.481 e. The summed E-state index contributed by atoms with van der Waals surface area (Å²) in [5.74, 6) is -0.875. The minimum absolute atomic E-state index is 0.0235. The van der Waals surface area contributed by atoms with E-state index in [0.29, 0.717) is 0 Å². The van der Waals surface area contributed by atoms with Crippen molar-refractivity contribution in [3.8, 4) is 0 Å². The highest BCUT2D eigenvalue weighted by molar-refractivity contribution is 9.10. The highest BCUT2D eigenvalue weighted by Gasteiger charge is 2.53. The van der Waals surface area contributed by atoms with Crippen LogP contribution < -0.4 is 0 Å². The Labute approximate surface area is 99.2 Å². The number of aliphatic carboxylic acids is 1. The fourth-order valence-corrected chi connectivity index (χ4v) is 3.84. The van der Waals surface area contributed by atoms with Gasteiger partial charge in [-0.2, -0.15) is 0 Å². The molecular weight excluding hydrogens is 280 g/mol. The topological polar surface area (TPSA) is 54.4 Å². The van der Waals surface area contributed by atoms with Crippen LogP contribution in [0.2, 0.25) is 0 Å². The summed E-state index contributed by atoms with van der Waals surface area (Å²) in [4.78, 5) is 23.1. The molecule has 2 rings (SSSR count). The molecule has 0 aliphatic heterocycles. The first kappa shape index (κ1) is 10.8. The maximum atomic E-state index is 11.2. The van der Waals surface area contributed by atoms with Gasteiger partial charge in [-0.25, -0.2) is 0 Å². The number of halogens is 1. The van der Waals surface area contributed by atoms with Crippen LogP contribution in [0, 0.1) is 6.92 Å². The minimum atomic E-state index is -0.963. The molecule has 1 aliphatic rings. The lowest BCUT2D eigenvalue weighted by Crippen LogP contribution is -2.47. The van der Waals surface area contributed by atoms with Crippen molar-refractivity contribution in [2.24, 2.45) is 0 Å². The maximum Gasteiger partial charge on any atom is 0.315 e. The van der Waals surface area contributed by atoms with E-state index in [0.717, 1.165) is 14.9 Å². The van der Waals surface area contributed by atoms with Crippen molar-refractivity contribution in [2.75, 3.05) is 0 Å². The number of thiophene rings is 1. The van der Waals surface area contributed by atoms with Gasteiger partial charge in [-0.15, -0.1) is 11.3 Å². The van der Waals surface area contributed by atoms with Crippen molar-refractivity contribution >= 4 is 39.0 Å². The van der Waals surface area contributed by atoms with Crippen LogP contribution in [0.15, 0.2) is 9.85 Å². The van der Waals surface area contributed by atoms with E-state index in [1.165, 1.54) is 11.3 Å². The van der Waals surface area contributed by atoms with Crippen LogP contribution in [-0.2, 0) is 15.0 Å². The van der Waals surface area contributed by atoms with Gasteiger partial charge in [-0.1, -0.05) is 0 Å². The zero-order valence-corrected chi connectivity index (χ0v) is 10.4. The van der Waals surface area contributed by atoms with Crippen molar-refractivity contribution in [3.05, 3.63) is 20.3 Å². The van der Waals surface area contributed by atoms with E-state index in [9.17, 15) is 14.7 Å². The van der Waals surface area contributed by atoms with E-state index in [2.05, 4.69) is 15.9 Å².